The van der Waals surface area contributed by atoms with Crippen molar-refractivity contribution in [3.63, 3.8) is 0 Å². The fourth-order valence-corrected chi connectivity index (χ4v) is 2.01. The summed E-state index contributed by atoms with van der Waals surface area (Å²) < 4.78 is 32.1. The number of benzene rings is 1. The van der Waals surface area contributed by atoms with E-state index in [-0.39, 0.29) is 0 Å². The number of methoxy groups -OCH3 is 1. The molecule has 0 saturated carbocycles. The number of nitrogens with zero attached hydrogens (tertiary/aromatic N) is 1. The Morgan fingerprint density at radius 1 is 1.21 bits per heavy atom. The fraction of sp³-hybridized carbons (Fsp3) is 0.214. The summed E-state index contributed by atoms with van der Waals surface area (Å²) in [6.07, 6.45) is 3.16. The molecule has 3 nitrogen and oxygen atoms in total. The van der Waals surface area contributed by atoms with E-state index in [1.807, 2.05) is 0 Å². The number of rotatable bonds is 4. The minimum atomic E-state index is -0.599. The van der Waals surface area contributed by atoms with Gasteiger partial charge in [-0.2, -0.15) is 0 Å². The first kappa shape index (κ1) is 13.4. The number of nitrogens with one attached hydrogen (secondary N) is 1. The van der Waals surface area contributed by atoms with Gasteiger partial charge in [-0.1, -0.05) is 6.07 Å². The Morgan fingerprint density at radius 2 is 2.00 bits per heavy atom. The van der Waals surface area contributed by atoms with Crippen molar-refractivity contribution >= 4 is 0 Å². The van der Waals surface area contributed by atoms with Gasteiger partial charge in [-0.3, -0.25) is 4.98 Å². The Kier molecular flexibility index (Phi) is 4.06. The van der Waals surface area contributed by atoms with Crippen molar-refractivity contribution in [2.24, 2.45) is 0 Å². The number of ether oxygens (including phenoxy) is 1. The van der Waals surface area contributed by atoms with Gasteiger partial charge in [0.15, 0.2) is 0 Å². The van der Waals surface area contributed by atoms with Gasteiger partial charge in [0.1, 0.15) is 17.4 Å². The van der Waals surface area contributed by atoms with Crippen LogP contribution in [0.1, 0.15) is 17.2 Å². The Bertz CT molecular complexity index is 575. The van der Waals surface area contributed by atoms with Crippen molar-refractivity contribution < 1.29 is 13.5 Å². The zero-order valence-electron chi connectivity index (χ0n) is 10.7. The van der Waals surface area contributed by atoms with Crippen LogP contribution in [-0.4, -0.2) is 19.1 Å². The summed E-state index contributed by atoms with van der Waals surface area (Å²) in [6.45, 7) is 0. The van der Waals surface area contributed by atoms with E-state index < -0.39 is 17.7 Å². The average molecular weight is 264 g/mol. The van der Waals surface area contributed by atoms with Crippen LogP contribution in [0.2, 0.25) is 0 Å². The number of halogens is 2. The smallest absolute Gasteiger partial charge is 0.142 e. The summed E-state index contributed by atoms with van der Waals surface area (Å²) in [7, 11) is 3.22. The zero-order chi connectivity index (χ0) is 13.8. The molecule has 0 aliphatic heterocycles. The average Bonchev–Trinajstić information content (AvgIpc) is 2.42. The largest absolute Gasteiger partial charge is 0.495 e. The quantitative estimate of drug-likeness (QED) is 0.922. The van der Waals surface area contributed by atoms with Crippen molar-refractivity contribution in [1.29, 1.82) is 0 Å². The van der Waals surface area contributed by atoms with E-state index in [0.717, 1.165) is 11.6 Å². The van der Waals surface area contributed by atoms with Crippen LogP contribution in [0, 0.1) is 11.6 Å². The Morgan fingerprint density at radius 3 is 2.63 bits per heavy atom. The molecule has 19 heavy (non-hydrogen) atoms. The minimum Gasteiger partial charge on any atom is -0.495 e. The lowest BCUT2D eigenvalue weighted by Crippen LogP contribution is -2.20. The van der Waals surface area contributed by atoms with Crippen molar-refractivity contribution in [2.45, 2.75) is 6.04 Å². The van der Waals surface area contributed by atoms with E-state index in [4.69, 9.17) is 4.74 Å². The minimum absolute atomic E-state index is 0.355. The van der Waals surface area contributed by atoms with Crippen molar-refractivity contribution in [3.05, 3.63) is 59.4 Å². The third kappa shape index (κ3) is 2.71. The molecule has 0 amide bonds. The van der Waals surface area contributed by atoms with E-state index in [1.54, 1.807) is 25.5 Å². The molecule has 1 aromatic heterocycles. The molecule has 100 valence electrons. The van der Waals surface area contributed by atoms with Crippen LogP contribution in [0.5, 0.6) is 5.75 Å². The first-order chi connectivity index (χ1) is 9.17. The van der Waals surface area contributed by atoms with Crippen LogP contribution in [0.15, 0.2) is 36.7 Å². The predicted octanol–water partition coefficient (Wildman–Crippen LogP) is 2.68. The lowest BCUT2D eigenvalue weighted by Gasteiger charge is -2.20. The van der Waals surface area contributed by atoms with Crippen LogP contribution in [-0.2, 0) is 0 Å². The highest BCUT2D eigenvalue weighted by Crippen LogP contribution is 2.30. The molecule has 1 atom stereocenters. The highest BCUT2D eigenvalue weighted by atomic mass is 19.1. The van der Waals surface area contributed by atoms with E-state index in [9.17, 15) is 8.78 Å². The first-order valence-corrected chi connectivity index (χ1v) is 5.77. The third-order valence-electron chi connectivity index (χ3n) is 2.91. The monoisotopic (exact) mass is 264 g/mol. The second-order valence-electron chi connectivity index (χ2n) is 4.01. The maximum atomic E-state index is 13.9. The molecule has 2 aromatic rings. The molecule has 0 bridgehead atoms. The summed E-state index contributed by atoms with van der Waals surface area (Å²) in [5.74, 6) is -0.651. The van der Waals surface area contributed by atoms with E-state index in [0.29, 0.717) is 11.3 Å². The molecule has 0 aliphatic carbocycles. The van der Waals surface area contributed by atoms with Gasteiger partial charge in [-0.25, -0.2) is 8.78 Å². The molecule has 1 heterocycles. The summed E-state index contributed by atoms with van der Waals surface area (Å²) in [4.78, 5) is 3.96. The number of aromatic nitrogens is 1. The van der Waals surface area contributed by atoms with Crippen LogP contribution >= 0.6 is 0 Å². The van der Waals surface area contributed by atoms with Gasteiger partial charge < -0.3 is 10.1 Å². The second kappa shape index (κ2) is 5.75. The van der Waals surface area contributed by atoms with Crippen molar-refractivity contribution in [1.82, 2.24) is 10.3 Å². The first-order valence-electron chi connectivity index (χ1n) is 5.77. The van der Waals surface area contributed by atoms with Crippen molar-refractivity contribution in [3.8, 4) is 5.75 Å². The van der Waals surface area contributed by atoms with Gasteiger partial charge in [0.2, 0.25) is 0 Å². The van der Waals surface area contributed by atoms with E-state index >= 15 is 0 Å². The van der Waals surface area contributed by atoms with Crippen molar-refractivity contribution in [2.75, 3.05) is 14.2 Å². The summed E-state index contributed by atoms with van der Waals surface area (Å²) in [5, 5.41) is 3.00. The lowest BCUT2D eigenvalue weighted by molar-refractivity contribution is 0.402. The molecular formula is C14H14F2N2O. The molecule has 0 fully saturated rings. The van der Waals surface area contributed by atoms with E-state index in [2.05, 4.69) is 10.3 Å². The zero-order valence-corrected chi connectivity index (χ0v) is 10.7. The van der Waals surface area contributed by atoms with Gasteiger partial charge >= 0.3 is 0 Å². The molecule has 0 radical (unpaired) electrons. The number of hydrogen-bond acceptors (Lipinski definition) is 3. The van der Waals surface area contributed by atoms with Crippen LogP contribution < -0.4 is 10.1 Å². The van der Waals surface area contributed by atoms with Gasteiger partial charge in [-0.15, -0.1) is 0 Å². The fourth-order valence-electron chi connectivity index (χ4n) is 2.01. The second-order valence-corrected chi connectivity index (χ2v) is 4.01. The normalized spacial score (nSPS) is 12.2. The molecule has 0 aliphatic rings. The molecule has 1 unspecified atom stereocenters. The molecule has 1 aromatic carbocycles. The van der Waals surface area contributed by atoms with Crippen LogP contribution in [0.4, 0.5) is 8.78 Å². The van der Waals surface area contributed by atoms with E-state index in [1.165, 1.54) is 19.2 Å². The standard InChI is InChI=1S/C14H14F2N2O/c1-17-14(10-4-3-9(15)7-12(10)16)11-5-6-18-8-13(11)19-2/h3-8,14,17H,1-2H3. The van der Waals surface area contributed by atoms with Crippen LogP contribution in [0.25, 0.3) is 0 Å². The maximum absolute atomic E-state index is 13.9. The highest BCUT2D eigenvalue weighted by molar-refractivity contribution is 5.40. The summed E-state index contributed by atoms with van der Waals surface area (Å²) >= 11 is 0. The predicted molar refractivity (Wildman–Crippen MR) is 68.0 cm³/mol. The molecule has 0 spiro atoms. The molecule has 2 rings (SSSR count). The molecule has 5 heteroatoms. The van der Waals surface area contributed by atoms with Gasteiger partial charge in [0.25, 0.3) is 0 Å². The molecule has 1 N–H and O–H groups in total. The molecule has 0 saturated heterocycles. The summed E-state index contributed by atoms with van der Waals surface area (Å²) in [5.41, 5.74) is 1.10. The van der Waals surface area contributed by atoms with Gasteiger partial charge in [0.05, 0.1) is 19.3 Å². The third-order valence-corrected chi connectivity index (χ3v) is 2.91. The number of hydrogen-bond donors (Lipinski definition) is 1. The Hall–Kier alpha value is -2.01. The summed E-state index contributed by atoms with van der Waals surface area (Å²) in [6, 6.07) is 4.83. The maximum Gasteiger partial charge on any atom is 0.142 e. The number of pyridine rings is 1. The Labute approximate surface area is 110 Å². The van der Waals surface area contributed by atoms with Gasteiger partial charge in [-0.05, 0) is 19.2 Å². The van der Waals surface area contributed by atoms with Gasteiger partial charge in [0, 0.05) is 23.4 Å². The topological polar surface area (TPSA) is 34.2 Å². The molecular weight excluding hydrogens is 250 g/mol. The highest BCUT2D eigenvalue weighted by Gasteiger charge is 2.20. The Balaban J connectivity index is 2.50. The SMILES string of the molecule is CNC(c1ccc(F)cc1F)c1ccncc1OC. The lowest BCUT2D eigenvalue weighted by atomic mass is 9.98. The van der Waals surface area contributed by atoms with Crippen LogP contribution in [0.3, 0.4) is 0 Å².